The van der Waals surface area contributed by atoms with E-state index in [-0.39, 0.29) is 0 Å². The van der Waals surface area contributed by atoms with Crippen molar-refractivity contribution in [3.05, 3.63) is 26.9 Å². The summed E-state index contributed by atoms with van der Waals surface area (Å²) >= 11 is 5.26. The molecule has 2 rings (SSSR count). The molecule has 0 saturated heterocycles. The first-order valence-electron chi connectivity index (χ1n) is 3.50. The maximum Gasteiger partial charge on any atom is 0.0357 e. The van der Waals surface area contributed by atoms with Crippen LogP contribution in [0, 0.1) is 0 Å². The Morgan fingerprint density at radius 2 is 2.36 bits per heavy atom. The lowest BCUT2D eigenvalue weighted by Gasteiger charge is -1.97. The molecule has 0 radical (unpaired) electrons. The van der Waals surface area contributed by atoms with E-state index in [4.69, 9.17) is 0 Å². The third-order valence-electron chi connectivity index (χ3n) is 1.77. The fourth-order valence-electron chi connectivity index (χ4n) is 1.19. The summed E-state index contributed by atoms with van der Waals surface area (Å²) < 4.78 is 1.22. The summed E-state index contributed by atoms with van der Waals surface area (Å²) in [6, 6.07) is 0. The monoisotopic (exact) mass is 229 g/mol. The van der Waals surface area contributed by atoms with Crippen LogP contribution >= 0.6 is 27.3 Å². The topological polar surface area (TPSA) is 12.0 Å². The van der Waals surface area contributed by atoms with Gasteiger partial charge in [0.15, 0.2) is 0 Å². The minimum absolute atomic E-state index is 1.01. The summed E-state index contributed by atoms with van der Waals surface area (Å²) in [7, 11) is 0. The van der Waals surface area contributed by atoms with Gasteiger partial charge < -0.3 is 5.32 Å². The third-order valence-corrected chi connectivity index (χ3v) is 3.47. The van der Waals surface area contributed by atoms with Crippen LogP contribution in [-0.2, 0) is 0 Å². The van der Waals surface area contributed by atoms with Crippen LogP contribution in [0.1, 0.15) is 5.56 Å². The van der Waals surface area contributed by atoms with Gasteiger partial charge in [-0.15, -0.1) is 0 Å². The van der Waals surface area contributed by atoms with E-state index in [9.17, 15) is 0 Å². The maximum atomic E-state index is 3.52. The van der Waals surface area contributed by atoms with Crippen LogP contribution in [0.5, 0.6) is 0 Å². The van der Waals surface area contributed by atoms with Gasteiger partial charge >= 0.3 is 0 Å². The van der Waals surface area contributed by atoms with Crippen molar-refractivity contribution in [2.75, 3.05) is 13.1 Å². The summed E-state index contributed by atoms with van der Waals surface area (Å²) in [5, 5.41) is 7.58. The molecule has 1 N–H and O–H groups in total. The smallest absolute Gasteiger partial charge is 0.0357 e. The Morgan fingerprint density at radius 3 is 2.91 bits per heavy atom. The van der Waals surface area contributed by atoms with Crippen LogP contribution in [0.3, 0.4) is 0 Å². The molecular weight excluding hydrogens is 222 g/mol. The quantitative estimate of drug-likeness (QED) is 0.781. The molecule has 0 bridgehead atoms. The fourth-order valence-corrected chi connectivity index (χ4v) is 2.76. The summed E-state index contributed by atoms with van der Waals surface area (Å²) in [6.07, 6.45) is 2.24. The van der Waals surface area contributed by atoms with Crippen molar-refractivity contribution in [1.82, 2.24) is 5.32 Å². The Balaban J connectivity index is 2.35. The first-order valence-corrected chi connectivity index (χ1v) is 5.23. The molecule has 1 aromatic rings. The molecule has 11 heavy (non-hydrogen) atoms. The zero-order chi connectivity index (χ0) is 7.68. The molecule has 1 aromatic heterocycles. The van der Waals surface area contributed by atoms with E-state index in [0.717, 1.165) is 13.1 Å². The SMILES string of the molecule is Brc1cscc1C1=CCNC1. The largest absolute Gasteiger partial charge is 0.309 e. The standard InChI is InChI=1S/C8H8BrNS/c9-8-5-11-4-7(8)6-1-2-10-3-6/h1,4-5,10H,2-3H2. The second-order valence-electron chi connectivity index (χ2n) is 2.49. The van der Waals surface area contributed by atoms with Gasteiger partial charge in [0.05, 0.1) is 0 Å². The normalized spacial score (nSPS) is 17.0. The molecule has 0 spiro atoms. The van der Waals surface area contributed by atoms with Gasteiger partial charge in [-0.25, -0.2) is 0 Å². The Kier molecular flexibility index (Phi) is 2.11. The van der Waals surface area contributed by atoms with Gasteiger partial charge in [-0.1, -0.05) is 6.08 Å². The lowest BCUT2D eigenvalue weighted by atomic mass is 10.1. The molecule has 0 atom stereocenters. The lowest BCUT2D eigenvalue weighted by molar-refractivity contribution is 0.897. The molecule has 0 aliphatic carbocycles. The number of nitrogens with one attached hydrogen (secondary N) is 1. The van der Waals surface area contributed by atoms with Gasteiger partial charge in [-0.3, -0.25) is 0 Å². The summed E-state index contributed by atoms with van der Waals surface area (Å²) in [6.45, 7) is 2.02. The van der Waals surface area contributed by atoms with Crippen LogP contribution in [0.4, 0.5) is 0 Å². The predicted octanol–water partition coefficient (Wildman–Crippen LogP) is 2.50. The minimum atomic E-state index is 1.01. The molecule has 58 valence electrons. The first kappa shape index (κ1) is 7.53. The summed E-state index contributed by atoms with van der Waals surface area (Å²) in [5.74, 6) is 0. The van der Waals surface area contributed by atoms with E-state index in [1.54, 1.807) is 11.3 Å². The van der Waals surface area contributed by atoms with E-state index in [1.807, 2.05) is 0 Å². The van der Waals surface area contributed by atoms with Gasteiger partial charge in [0.25, 0.3) is 0 Å². The molecule has 0 unspecified atom stereocenters. The Labute approximate surface area is 78.3 Å². The van der Waals surface area contributed by atoms with E-state index in [0.29, 0.717) is 0 Å². The van der Waals surface area contributed by atoms with Crippen LogP contribution in [0.2, 0.25) is 0 Å². The van der Waals surface area contributed by atoms with E-state index in [1.165, 1.54) is 15.6 Å². The zero-order valence-corrected chi connectivity index (χ0v) is 8.33. The Hall–Kier alpha value is -0.120. The predicted molar refractivity (Wildman–Crippen MR) is 52.9 cm³/mol. The van der Waals surface area contributed by atoms with Gasteiger partial charge in [0, 0.05) is 28.5 Å². The molecule has 1 aliphatic heterocycles. The molecule has 3 heteroatoms. The highest BCUT2D eigenvalue weighted by Gasteiger charge is 2.09. The van der Waals surface area contributed by atoms with Crippen LogP contribution in [0.15, 0.2) is 21.3 Å². The molecule has 0 saturated carbocycles. The average molecular weight is 230 g/mol. The highest BCUT2D eigenvalue weighted by Crippen LogP contribution is 2.28. The van der Waals surface area contributed by atoms with Gasteiger partial charge in [0.2, 0.25) is 0 Å². The van der Waals surface area contributed by atoms with E-state index < -0.39 is 0 Å². The number of halogens is 1. The van der Waals surface area contributed by atoms with Crippen LogP contribution < -0.4 is 5.32 Å². The van der Waals surface area contributed by atoms with Crippen molar-refractivity contribution in [3.8, 4) is 0 Å². The van der Waals surface area contributed by atoms with Gasteiger partial charge in [0.1, 0.15) is 0 Å². The molecule has 0 aromatic carbocycles. The minimum Gasteiger partial charge on any atom is -0.309 e. The van der Waals surface area contributed by atoms with Crippen molar-refractivity contribution >= 4 is 32.8 Å². The number of rotatable bonds is 1. The average Bonchev–Trinajstić information content (AvgIpc) is 2.55. The zero-order valence-electron chi connectivity index (χ0n) is 5.93. The number of hydrogen-bond acceptors (Lipinski definition) is 2. The van der Waals surface area contributed by atoms with E-state index >= 15 is 0 Å². The molecule has 1 aliphatic rings. The number of thiophene rings is 1. The second kappa shape index (κ2) is 3.09. The molecule has 2 heterocycles. The highest BCUT2D eigenvalue weighted by molar-refractivity contribution is 9.10. The molecule has 0 amide bonds. The Bertz CT molecular complexity index is 290. The van der Waals surface area contributed by atoms with Crippen molar-refractivity contribution < 1.29 is 0 Å². The number of hydrogen-bond donors (Lipinski definition) is 1. The maximum absolute atomic E-state index is 3.52. The highest BCUT2D eigenvalue weighted by atomic mass is 79.9. The molecule has 0 fully saturated rings. The summed E-state index contributed by atoms with van der Waals surface area (Å²) in [5.41, 5.74) is 2.76. The van der Waals surface area contributed by atoms with Gasteiger partial charge in [-0.05, 0) is 26.9 Å². The van der Waals surface area contributed by atoms with E-state index in [2.05, 4.69) is 38.1 Å². The lowest BCUT2D eigenvalue weighted by Crippen LogP contribution is -2.07. The summed E-state index contributed by atoms with van der Waals surface area (Å²) in [4.78, 5) is 0. The van der Waals surface area contributed by atoms with Crippen LogP contribution in [0.25, 0.3) is 5.57 Å². The Morgan fingerprint density at radius 1 is 1.45 bits per heavy atom. The molecule has 1 nitrogen and oxygen atoms in total. The third kappa shape index (κ3) is 1.41. The first-order chi connectivity index (χ1) is 5.38. The van der Waals surface area contributed by atoms with Crippen molar-refractivity contribution in [1.29, 1.82) is 0 Å². The van der Waals surface area contributed by atoms with Gasteiger partial charge in [-0.2, -0.15) is 11.3 Å². The van der Waals surface area contributed by atoms with Crippen LogP contribution in [-0.4, -0.2) is 13.1 Å². The fraction of sp³-hybridized carbons (Fsp3) is 0.250. The second-order valence-corrected chi connectivity index (χ2v) is 4.09. The van der Waals surface area contributed by atoms with Crippen molar-refractivity contribution in [2.45, 2.75) is 0 Å². The molecular formula is C8H8BrNS. The van der Waals surface area contributed by atoms with Crippen molar-refractivity contribution in [3.63, 3.8) is 0 Å². The van der Waals surface area contributed by atoms with Crippen molar-refractivity contribution in [2.24, 2.45) is 0 Å².